The lowest BCUT2D eigenvalue weighted by Gasteiger charge is -2.07. The zero-order chi connectivity index (χ0) is 17.6. The van der Waals surface area contributed by atoms with Crippen LogP contribution in [-0.2, 0) is 0 Å². The molecule has 0 amide bonds. The first-order valence-corrected chi connectivity index (χ1v) is 8.61. The highest BCUT2D eigenvalue weighted by atomic mass is 15.0. The summed E-state index contributed by atoms with van der Waals surface area (Å²) in [5, 5.41) is 0. The number of para-hydroxylation sites is 1. The van der Waals surface area contributed by atoms with Crippen LogP contribution < -0.4 is 0 Å². The average Bonchev–Trinajstić information content (AvgIpc) is 2.63. The van der Waals surface area contributed by atoms with Crippen molar-refractivity contribution in [2.45, 2.75) is 13.8 Å². The SMILES string of the molecule is Cc1cccc(C)c1[N+](C)=C/C(=C\c1ccccc1)c1ccccc1. The van der Waals surface area contributed by atoms with Gasteiger partial charge in [-0.3, -0.25) is 0 Å². The number of rotatable bonds is 4. The van der Waals surface area contributed by atoms with E-state index in [2.05, 4.69) is 111 Å². The van der Waals surface area contributed by atoms with Gasteiger partial charge in [0.05, 0.1) is 0 Å². The molecular formula is C24H24N+. The van der Waals surface area contributed by atoms with Crippen molar-refractivity contribution in [1.29, 1.82) is 0 Å². The van der Waals surface area contributed by atoms with Gasteiger partial charge in [0.2, 0.25) is 5.69 Å². The summed E-state index contributed by atoms with van der Waals surface area (Å²) in [6.07, 6.45) is 4.46. The van der Waals surface area contributed by atoms with Crippen molar-refractivity contribution in [2.24, 2.45) is 0 Å². The molecule has 3 aromatic rings. The van der Waals surface area contributed by atoms with Crippen LogP contribution in [-0.4, -0.2) is 17.8 Å². The Morgan fingerprint density at radius 3 is 1.88 bits per heavy atom. The van der Waals surface area contributed by atoms with E-state index >= 15 is 0 Å². The Kier molecular flexibility index (Phi) is 5.25. The summed E-state index contributed by atoms with van der Waals surface area (Å²) in [5.41, 5.74) is 7.43. The van der Waals surface area contributed by atoms with Crippen LogP contribution in [0.15, 0.2) is 78.9 Å². The molecule has 0 aliphatic carbocycles. The summed E-state index contributed by atoms with van der Waals surface area (Å²) < 4.78 is 2.23. The Morgan fingerprint density at radius 2 is 1.28 bits per heavy atom. The van der Waals surface area contributed by atoms with E-state index in [4.69, 9.17) is 0 Å². The molecule has 124 valence electrons. The molecule has 0 atom stereocenters. The van der Waals surface area contributed by atoms with Crippen molar-refractivity contribution < 1.29 is 4.58 Å². The Bertz CT molecular complexity index is 883. The second kappa shape index (κ2) is 7.76. The van der Waals surface area contributed by atoms with E-state index in [9.17, 15) is 0 Å². The Labute approximate surface area is 150 Å². The number of allylic oxidation sites excluding steroid dienone is 1. The molecule has 0 N–H and O–H groups in total. The molecule has 0 aromatic heterocycles. The lowest BCUT2D eigenvalue weighted by atomic mass is 10.0. The number of benzene rings is 3. The van der Waals surface area contributed by atoms with Gasteiger partial charge in [0.25, 0.3) is 0 Å². The maximum Gasteiger partial charge on any atom is 0.210 e. The lowest BCUT2D eigenvalue weighted by Crippen LogP contribution is -2.05. The highest BCUT2D eigenvalue weighted by molar-refractivity contribution is 6.14. The van der Waals surface area contributed by atoms with Crippen molar-refractivity contribution in [3.63, 3.8) is 0 Å². The number of aryl methyl sites for hydroxylation is 2. The van der Waals surface area contributed by atoms with Gasteiger partial charge >= 0.3 is 0 Å². The minimum atomic E-state index is 1.19. The molecule has 0 saturated carbocycles. The van der Waals surface area contributed by atoms with Gasteiger partial charge in [-0.1, -0.05) is 78.9 Å². The molecule has 0 saturated heterocycles. The Morgan fingerprint density at radius 1 is 0.720 bits per heavy atom. The topological polar surface area (TPSA) is 3.01 Å². The lowest BCUT2D eigenvalue weighted by molar-refractivity contribution is -0.399. The molecule has 3 aromatic carbocycles. The Hall–Kier alpha value is -2.93. The number of hydrogen-bond acceptors (Lipinski definition) is 0. The molecule has 25 heavy (non-hydrogen) atoms. The second-order valence-electron chi connectivity index (χ2n) is 6.36. The van der Waals surface area contributed by atoms with Crippen LogP contribution in [0.25, 0.3) is 11.6 Å². The summed E-state index contributed by atoms with van der Waals surface area (Å²) >= 11 is 0. The van der Waals surface area contributed by atoms with E-state index < -0.39 is 0 Å². The van der Waals surface area contributed by atoms with Gasteiger partial charge < -0.3 is 0 Å². The largest absolute Gasteiger partial charge is 0.210 e. The molecule has 0 heterocycles. The van der Waals surface area contributed by atoms with E-state index in [0.717, 1.165) is 0 Å². The number of nitrogens with zero attached hydrogens (tertiary/aromatic N) is 1. The first-order chi connectivity index (χ1) is 12.1. The van der Waals surface area contributed by atoms with Crippen LogP contribution in [0.4, 0.5) is 5.69 Å². The predicted octanol–water partition coefficient (Wildman–Crippen LogP) is 5.89. The van der Waals surface area contributed by atoms with Crippen LogP contribution in [0.5, 0.6) is 0 Å². The highest BCUT2D eigenvalue weighted by Crippen LogP contribution is 2.23. The second-order valence-corrected chi connectivity index (χ2v) is 6.36. The average molecular weight is 326 g/mol. The van der Waals surface area contributed by atoms with Gasteiger partial charge in [0.15, 0.2) is 6.21 Å². The first kappa shape index (κ1) is 16.9. The molecule has 1 heteroatoms. The number of hydrogen-bond donors (Lipinski definition) is 0. The zero-order valence-corrected chi connectivity index (χ0v) is 15.1. The van der Waals surface area contributed by atoms with Gasteiger partial charge in [-0.25, -0.2) is 4.58 Å². The summed E-state index contributed by atoms with van der Waals surface area (Å²) in [6.45, 7) is 4.32. The van der Waals surface area contributed by atoms with Crippen molar-refractivity contribution in [2.75, 3.05) is 7.05 Å². The maximum atomic E-state index is 2.24. The van der Waals surface area contributed by atoms with Crippen molar-refractivity contribution in [3.05, 3.63) is 101 Å². The quantitative estimate of drug-likeness (QED) is 0.319. The standard InChI is InChI=1S/C24H24N/c1-19-11-10-12-20(2)24(19)25(3)18-23(22-15-8-5-9-16-22)17-21-13-6-4-7-14-21/h4-18H,1-3H3/q+1/b23-17+,25-18?. The third kappa shape index (κ3) is 4.13. The fourth-order valence-corrected chi connectivity index (χ4v) is 3.19. The van der Waals surface area contributed by atoms with Crippen LogP contribution in [0.3, 0.4) is 0 Å². The van der Waals surface area contributed by atoms with Gasteiger partial charge in [-0.05, 0) is 31.1 Å². The smallest absolute Gasteiger partial charge is 0.200 e. The Balaban J connectivity index is 2.11. The summed E-state index contributed by atoms with van der Waals surface area (Å²) in [4.78, 5) is 0. The summed E-state index contributed by atoms with van der Waals surface area (Å²) in [7, 11) is 2.12. The third-order valence-electron chi connectivity index (χ3n) is 4.35. The molecule has 0 bridgehead atoms. The van der Waals surface area contributed by atoms with E-state index in [1.54, 1.807) is 0 Å². The van der Waals surface area contributed by atoms with Crippen LogP contribution in [0.1, 0.15) is 22.3 Å². The molecule has 0 aliphatic rings. The highest BCUT2D eigenvalue weighted by Gasteiger charge is 2.13. The van der Waals surface area contributed by atoms with Crippen molar-refractivity contribution in [3.8, 4) is 0 Å². The van der Waals surface area contributed by atoms with Gasteiger partial charge in [0, 0.05) is 16.7 Å². The molecule has 0 fully saturated rings. The van der Waals surface area contributed by atoms with Crippen LogP contribution >= 0.6 is 0 Å². The maximum absolute atomic E-state index is 2.24. The van der Waals surface area contributed by atoms with Crippen LogP contribution in [0, 0.1) is 13.8 Å². The fraction of sp³-hybridized carbons (Fsp3) is 0.125. The first-order valence-electron chi connectivity index (χ1n) is 8.61. The monoisotopic (exact) mass is 326 g/mol. The zero-order valence-electron chi connectivity index (χ0n) is 15.1. The molecular weight excluding hydrogens is 302 g/mol. The third-order valence-corrected chi connectivity index (χ3v) is 4.35. The minimum absolute atomic E-state index is 1.19. The predicted molar refractivity (Wildman–Crippen MR) is 109 cm³/mol. The van der Waals surface area contributed by atoms with E-state index in [0.29, 0.717) is 0 Å². The molecule has 0 aliphatic heterocycles. The van der Waals surface area contributed by atoms with Gasteiger partial charge in [0.1, 0.15) is 7.05 Å². The van der Waals surface area contributed by atoms with Crippen molar-refractivity contribution >= 4 is 23.6 Å². The molecule has 3 rings (SSSR count). The molecule has 0 unspecified atom stereocenters. The van der Waals surface area contributed by atoms with Gasteiger partial charge in [-0.15, -0.1) is 0 Å². The molecule has 0 radical (unpaired) electrons. The fourth-order valence-electron chi connectivity index (χ4n) is 3.19. The summed E-state index contributed by atoms with van der Waals surface area (Å²) in [5.74, 6) is 0. The van der Waals surface area contributed by atoms with Gasteiger partial charge in [-0.2, -0.15) is 0 Å². The molecule has 0 spiro atoms. The van der Waals surface area contributed by atoms with Crippen molar-refractivity contribution in [1.82, 2.24) is 0 Å². The summed E-state index contributed by atoms with van der Waals surface area (Å²) in [6, 6.07) is 27.4. The normalized spacial score (nSPS) is 12.3. The van der Waals surface area contributed by atoms with E-state index in [-0.39, 0.29) is 0 Å². The van der Waals surface area contributed by atoms with Crippen LogP contribution in [0.2, 0.25) is 0 Å². The van der Waals surface area contributed by atoms with E-state index in [1.165, 1.54) is 33.5 Å². The minimum Gasteiger partial charge on any atom is -0.200 e. The van der Waals surface area contributed by atoms with E-state index in [1.807, 2.05) is 6.07 Å². The molecule has 1 nitrogen and oxygen atoms in total.